The number of benzene rings is 2. The van der Waals surface area contributed by atoms with Gasteiger partial charge in [-0.3, -0.25) is 0 Å². The number of anilines is 1. The van der Waals surface area contributed by atoms with Crippen LogP contribution in [0.4, 0.5) is 5.69 Å². The molecule has 3 N–H and O–H groups in total. The lowest BCUT2D eigenvalue weighted by Gasteiger charge is -2.44. The largest absolute Gasteiger partial charge is 0.507 e. The molecule has 5 rings (SSSR count). The Bertz CT molecular complexity index is 1040. The van der Waals surface area contributed by atoms with Crippen LogP contribution in [0.25, 0.3) is 11.3 Å². The third kappa shape index (κ3) is 4.87. The van der Waals surface area contributed by atoms with Crippen LogP contribution in [-0.4, -0.2) is 54.1 Å². The van der Waals surface area contributed by atoms with Crippen molar-refractivity contribution in [2.24, 2.45) is 0 Å². The molecule has 2 saturated heterocycles. The first-order valence-electron chi connectivity index (χ1n) is 12.1. The first-order chi connectivity index (χ1) is 16.2. The Morgan fingerprint density at radius 1 is 1.00 bits per heavy atom. The molecule has 1 aromatic heterocycles. The van der Waals surface area contributed by atoms with E-state index in [0.717, 1.165) is 51.3 Å². The van der Waals surface area contributed by atoms with Gasteiger partial charge in [0.05, 0.1) is 17.6 Å². The second-order valence-corrected chi connectivity index (χ2v) is 9.35. The van der Waals surface area contributed by atoms with Crippen LogP contribution < -0.4 is 15.5 Å². The standard InChI is InChI=1S/C27H33N5O/c33-26-9-5-4-8-24(26)25-18-23(19-30-31-25)32-16-12-27(13-17-32,21-6-2-1-3-7-21)20-29-22-10-14-28-15-11-22/h1-9,18-19,22,28-29,33H,10-17,20H2. The fraction of sp³-hybridized carbons (Fsp3) is 0.407. The summed E-state index contributed by atoms with van der Waals surface area (Å²) in [7, 11) is 0. The molecule has 0 unspecified atom stereocenters. The molecule has 0 radical (unpaired) electrons. The third-order valence-corrected chi connectivity index (χ3v) is 7.36. The van der Waals surface area contributed by atoms with E-state index >= 15 is 0 Å². The van der Waals surface area contributed by atoms with Crippen molar-refractivity contribution in [2.75, 3.05) is 37.6 Å². The number of nitrogens with zero attached hydrogens (tertiary/aromatic N) is 3. The zero-order valence-corrected chi connectivity index (χ0v) is 19.1. The number of hydrogen-bond donors (Lipinski definition) is 3. The number of aromatic hydroxyl groups is 1. The van der Waals surface area contributed by atoms with E-state index in [0.29, 0.717) is 17.3 Å². The van der Waals surface area contributed by atoms with Gasteiger partial charge in [0.1, 0.15) is 5.75 Å². The van der Waals surface area contributed by atoms with Crippen LogP contribution in [0, 0.1) is 0 Å². The van der Waals surface area contributed by atoms with Gasteiger partial charge in [0.2, 0.25) is 0 Å². The molecule has 0 spiro atoms. The van der Waals surface area contributed by atoms with Gasteiger partial charge in [-0.1, -0.05) is 42.5 Å². The van der Waals surface area contributed by atoms with Crippen molar-refractivity contribution in [1.82, 2.24) is 20.8 Å². The first kappa shape index (κ1) is 21.9. The Balaban J connectivity index is 1.33. The zero-order valence-electron chi connectivity index (χ0n) is 19.1. The maximum atomic E-state index is 10.2. The number of phenols is 1. The van der Waals surface area contributed by atoms with E-state index in [2.05, 4.69) is 56.1 Å². The average molecular weight is 444 g/mol. The molecule has 2 aliphatic heterocycles. The number of rotatable bonds is 6. The fourth-order valence-corrected chi connectivity index (χ4v) is 5.27. The lowest BCUT2D eigenvalue weighted by atomic mass is 9.72. The van der Waals surface area contributed by atoms with E-state index in [-0.39, 0.29) is 11.2 Å². The molecule has 6 heteroatoms. The number of para-hydroxylation sites is 1. The van der Waals surface area contributed by atoms with Crippen molar-refractivity contribution in [1.29, 1.82) is 0 Å². The Morgan fingerprint density at radius 2 is 1.73 bits per heavy atom. The van der Waals surface area contributed by atoms with Crippen LogP contribution >= 0.6 is 0 Å². The van der Waals surface area contributed by atoms with Gasteiger partial charge in [-0.15, -0.1) is 0 Å². The summed E-state index contributed by atoms with van der Waals surface area (Å²) < 4.78 is 0. The van der Waals surface area contributed by atoms with E-state index in [1.165, 1.54) is 18.4 Å². The summed E-state index contributed by atoms with van der Waals surface area (Å²) in [4.78, 5) is 2.41. The molecule has 0 amide bonds. The van der Waals surface area contributed by atoms with Crippen molar-refractivity contribution in [3.8, 4) is 17.0 Å². The van der Waals surface area contributed by atoms with E-state index in [9.17, 15) is 5.11 Å². The number of hydrogen-bond acceptors (Lipinski definition) is 6. The molecule has 2 aliphatic rings. The van der Waals surface area contributed by atoms with Gasteiger partial charge >= 0.3 is 0 Å². The normalized spacial score (nSPS) is 18.8. The second-order valence-electron chi connectivity index (χ2n) is 9.35. The minimum absolute atomic E-state index is 0.142. The van der Waals surface area contributed by atoms with Crippen LogP contribution in [0.3, 0.4) is 0 Å². The Kier molecular flexibility index (Phi) is 6.55. The Morgan fingerprint density at radius 3 is 2.48 bits per heavy atom. The van der Waals surface area contributed by atoms with Crippen molar-refractivity contribution >= 4 is 5.69 Å². The first-order valence-corrected chi connectivity index (χ1v) is 12.1. The molecular formula is C27H33N5O. The number of nitrogens with one attached hydrogen (secondary N) is 2. The number of piperidine rings is 2. The van der Waals surface area contributed by atoms with Crippen LogP contribution in [-0.2, 0) is 5.41 Å². The highest BCUT2D eigenvalue weighted by molar-refractivity contribution is 5.69. The molecule has 0 bridgehead atoms. The highest BCUT2D eigenvalue weighted by Gasteiger charge is 2.37. The van der Waals surface area contributed by atoms with Gasteiger partial charge in [0, 0.05) is 36.7 Å². The minimum atomic E-state index is 0.142. The molecule has 0 aliphatic carbocycles. The van der Waals surface area contributed by atoms with Crippen molar-refractivity contribution in [2.45, 2.75) is 37.1 Å². The Labute approximate surface area is 196 Å². The summed E-state index contributed by atoms with van der Waals surface area (Å²) in [5, 5.41) is 26.1. The van der Waals surface area contributed by atoms with Crippen molar-refractivity contribution < 1.29 is 5.11 Å². The van der Waals surface area contributed by atoms with Gasteiger partial charge in [0.25, 0.3) is 0 Å². The monoisotopic (exact) mass is 443 g/mol. The molecule has 2 aromatic carbocycles. The van der Waals surface area contributed by atoms with Gasteiger partial charge in [-0.2, -0.15) is 10.2 Å². The summed E-state index contributed by atoms with van der Waals surface area (Å²) in [6, 6.07) is 21.0. The summed E-state index contributed by atoms with van der Waals surface area (Å²) >= 11 is 0. The molecule has 3 heterocycles. The molecule has 6 nitrogen and oxygen atoms in total. The quantitative estimate of drug-likeness (QED) is 0.539. The summed E-state index contributed by atoms with van der Waals surface area (Å²) in [6.45, 7) is 5.17. The van der Waals surface area contributed by atoms with Crippen molar-refractivity contribution in [3.05, 3.63) is 72.4 Å². The molecule has 33 heavy (non-hydrogen) atoms. The molecule has 2 fully saturated rings. The summed E-state index contributed by atoms with van der Waals surface area (Å²) in [5.41, 5.74) is 4.07. The fourth-order valence-electron chi connectivity index (χ4n) is 5.27. The lowest BCUT2D eigenvalue weighted by molar-refractivity contribution is 0.281. The van der Waals surface area contributed by atoms with Gasteiger partial charge < -0.3 is 20.6 Å². The topological polar surface area (TPSA) is 73.3 Å². The molecule has 0 atom stereocenters. The third-order valence-electron chi connectivity index (χ3n) is 7.36. The highest BCUT2D eigenvalue weighted by Crippen LogP contribution is 2.37. The number of aromatic nitrogens is 2. The van der Waals surface area contributed by atoms with E-state index < -0.39 is 0 Å². The molecule has 0 saturated carbocycles. The maximum Gasteiger partial charge on any atom is 0.125 e. The zero-order chi connectivity index (χ0) is 22.5. The highest BCUT2D eigenvalue weighted by atomic mass is 16.3. The van der Waals surface area contributed by atoms with E-state index in [4.69, 9.17) is 0 Å². The Hall–Kier alpha value is -2.96. The minimum Gasteiger partial charge on any atom is -0.507 e. The van der Waals surface area contributed by atoms with Crippen molar-refractivity contribution in [3.63, 3.8) is 0 Å². The molecule has 172 valence electrons. The predicted molar refractivity (Wildman–Crippen MR) is 133 cm³/mol. The summed E-state index contributed by atoms with van der Waals surface area (Å²) in [5.74, 6) is 0.231. The number of phenolic OH excluding ortho intramolecular Hbond substituents is 1. The van der Waals surface area contributed by atoms with Crippen LogP contribution in [0.1, 0.15) is 31.2 Å². The van der Waals surface area contributed by atoms with E-state index in [1.54, 1.807) is 6.07 Å². The second kappa shape index (κ2) is 9.89. The SMILES string of the molecule is Oc1ccccc1-c1cc(N2CCC(CNC3CCNCC3)(c3ccccc3)CC2)cnn1. The predicted octanol–water partition coefficient (Wildman–Crippen LogP) is 3.73. The van der Waals surface area contributed by atoms with Gasteiger partial charge in [-0.25, -0.2) is 0 Å². The smallest absolute Gasteiger partial charge is 0.125 e. The van der Waals surface area contributed by atoms with E-state index in [1.807, 2.05) is 30.5 Å². The van der Waals surface area contributed by atoms with Gasteiger partial charge in [-0.05, 0) is 62.5 Å². The van der Waals surface area contributed by atoms with Crippen LogP contribution in [0.5, 0.6) is 5.75 Å². The van der Waals surface area contributed by atoms with Crippen LogP contribution in [0.15, 0.2) is 66.9 Å². The lowest BCUT2D eigenvalue weighted by Crippen LogP contribution is -2.51. The van der Waals surface area contributed by atoms with Gasteiger partial charge in [0.15, 0.2) is 0 Å². The average Bonchev–Trinajstić information content (AvgIpc) is 2.89. The molecular weight excluding hydrogens is 410 g/mol. The maximum absolute atomic E-state index is 10.2. The molecule has 3 aromatic rings. The summed E-state index contributed by atoms with van der Waals surface area (Å²) in [6.07, 6.45) is 6.42. The van der Waals surface area contributed by atoms with Crippen LogP contribution in [0.2, 0.25) is 0 Å².